The zero-order chi connectivity index (χ0) is 7.11. The zero-order valence-electron chi connectivity index (χ0n) is 7.15. The lowest BCUT2D eigenvalue weighted by Crippen LogP contribution is -3.05. The van der Waals surface area contributed by atoms with Gasteiger partial charge < -0.3 is 17.3 Å². The standard InChI is InChI=1S/C8H17N.ClH/c1-4-5-6-7-8-9(2)3;/h6-7H,4-5,8H2,1-3H3;1H. The summed E-state index contributed by atoms with van der Waals surface area (Å²) in [7, 11) is 4.33. The second-order valence-electron chi connectivity index (χ2n) is 2.67. The number of rotatable bonds is 4. The number of quaternary nitrogens is 1. The molecule has 0 radical (unpaired) electrons. The summed E-state index contributed by atoms with van der Waals surface area (Å²) >= 11 is 0. The molecule has 0 aromatic rings. The Morgan fingerprint density at radius 1 is 1.20 bits per heavy atom. The highest BCUT2D eigenvalue weighted by atomic mass is 35.5. The molecule has 1 N–H and O–H groups in total. The van der Waals surface area contributed by atoms with E-state index in [0.717, 1.165) is 6.54 Å². The van der Waals surface area contributed by atoms with Gasteiger partial charge in [-0.15, -0.1) is 0 Å². The van der Waals surface area contributed by atoms with Crippen molar-refractivity contribution < 1.29 is 17.3 Å². The van der Waals surface area contributed by atoms with Crippen molar-refractivity contribution in [1.82, 2.24) is 0 Å². The van der Waals surface area contributed by atoms with E-state index in [2.05, 4.69) is 33.2 Å². The first-order chi connectivity index (χ1) is 4.27. The van der Waals surface area contributed by atoms with Gasteiger partial charge in [-0.05, 0) is 12.5 Å². The summed E-state index contributed by atoms with van der Waals surface area (Å²) in [5.41, 5.74) is 0. The van der Waals surface area contributed by atoms with E-state index in [1.54, 1.807) is 0 Å². The fourth-order valence-electron chi connectivity index (χ4n) is 0.604. The fraction of sp³-hybridized carbons (Fsp3) is 0.750. The van der Waals surface area contributed by atoms with Crippen molar-refractivity contribution in [2.24, 2.45) is 0 Å². The van der Waals surface area contributed by atoms with Crippen LogP contribution in [0.15, 0.2) is 12.2 Å². The SMILES string of the molecule is CCCC=CC[NH+](C)C.[Cl-]. The Kier molecular flexibility index (Phi) is 11.4. The van der Waals surface area contributed by atoms with E-state index in [1.807, 2.05) is 0 Å². The van der Waals surface area contributed by atoms with Gasteiger partial charge in [0.15, 0.2) is 0 Å². The van der Waals surface area contributed by atoms with Crippen molar-refractivity contribution >= 4 is 0 Å². The Labute approximate surface area is 70.5 Å². The first-order valence-electron chi connectivity index (χ1n) is 3.71. The molecule has 2 heteroatoms. The van der Waals surface area contributed by atoms with Crippen LogP contribution in [0.25, 0.3) is 0 Å². The smallest absolute Gasteiger partial charge is 0.0953 e. The summed E-state index contributed by atoms with van der Waals surface area (Å²) in [5, 5.41) is 0. The summed E-state index contributed by atoms with van der Waals surface area (Å²) in [6.45, 7) is 3.35. The molecule has 1 nitrogen and oxygen atoms in total. The summed E-state index contributed by atoms with van der Waals surface area (Å²) in [6, 6.07) is 0. The lowest BCUT2D eigenvalue weighted by atomic mass is 10.3. The number of unbranched alkanes of at least 4 members (excludes halogenated alkanes) is 1. The summed E-state index contributed by atoms with van der Waals surface area (Å²) < 4.78 is 0. The Morgan fingerprint density at radius 2 is 1.80 bits per heavy atom. The van der Waals surface area contributed by atoms with E-state index >= 15 is 0 Å². The van der Waals surface area contributed by atoms with Gasteiger partial charge in [0.1, 0.15) is 0 Å². The molecule has 0 aromatic carbocycles. The van der Waals surface area contributed by atoms with Crippen molar-refractivity contribution in [3.63, 3.8) is 0 Å². The predicted octanol–water partition coefficient (Wildman–Crippen LogP) is -2.51. The molecule has 0 rings (SSSR count). The average Bonchev–Trinajstić information content (AvgIpc) is 1.80. The molecular formula is C8H18ClN. The molecule has 0 heterocycles. The third kappa shape index (κ3) is 10.9. The molecule has 0 unspecified atom stereocenters. The van der Waals surface area contributed by atoms with E-state index in [1.165, 1.54) is 17.7 Å². The molecule has 0 fully saturated rings. The number of nitrogens with one attached hydrogen (secondary N) is 1. The highest BCUT2D eigenvalue weighted by molar-refractivity contribution is 4.79. The van der Waals surface area contributed by atoms with Crippen LogP contribution in [0.2, 0.25) is 0 Å². The van der Waals surface area contributed by atoms with E-state index in [9.17, 15) is 0 Å². The molecule has 0 saturated heterocycles. The third-order valence-corrected chi connectivity index (χ3v) is 1.15. The lowest BCUT2D eigenvalue weighted by molar-refractivity contribution is -0.851. The van der Waals surface area contributed by atoms with E-state index < -0.39 is 0 Å². The van der Waals surface area contributed by atoms with Gasteiger partial charge in [-0.1, -0.05) is 19.4 Å². The van der Waals surface area contributed by atoms with Gasteiger partial charge in [0.2, 0.25) is 0 Å². The van der Waals surface area contributed by atoms with Crippen LogP contribution >= 0.6 is 0 Å². The molecule has 0 amide bonds. The summed E-state index contributed by atoms with van der Waals surface area (Å²) in [6.07, 6.45) is 7.00. The third-order valence-electron chi connectivity index (χ3n) is 1.15. The van der Waals surface area contributed by atoms with Crippen molar-refractivity contribution in [2.45, 2.75) is 19.8 Å². The van der Waals surface area contributed by atoms with Crippen molar-refractivity contribution in [3.05, 3.63) is 12.2 Å². The average molecular weight is 164 g/mol. The monoisotopic (exact) mass is 163 g/mol. The number of halogens is 1. The molecule has 0 spiro atoms. The second kappa shape index (κ2) is 8.99. The van der Waals surface area contributed by atoms with Gasteiger partial charge in [0, 0.05) is 0 Å². The van der Waals surface area contributed by atoms with Crippen LogP contribution in [-0.2, 0) is 0 Å². The highest BCUT2D eigenvalue weighted by Gasteiger charge is 1.82. The largest absolute Gasteiger partial charge is 1.00 e. The van der Waals surface area contributed by atoms with Gasteiger partial charge >= 0.3 is 0 Å². The van der Waals surface area contributed by atoms with Gasteiger partial charge in [-0.2, -0.15) is 0 Å². The van der Waals surface area contributed by atoms with Crippen LogP contribution in [0, 0.1) is 0 Å². The molecule has 0 bridgehead atoms. The van der Waals surface area contributed by atoms with Crippen LogP contribution in [0.3, 0.4) is 0 Å². The summed E-state index contributed by atoms with van der Waals surface area (Å²) in [4.78, 5) is 1.49. The first kappa shape index (κ1) is 12.6. The van der Waals surface area contributed by atoms with Crippen molar-refractivity contribution in [3.8, 4) is 0 Å². The van der Waals surface area contributed by atoms with Gasteiger partial charge in [-0.3, -0.25) is 0 Å². The molecule has 10 heavy (non-hydrogen) atoms. The predicted molar refractivity (Wildman–Crippen MR) is 41.7 cm³/mol. The Morgan fingerprint density at radius 3 is 2.20 bits per heavy atom. The normalized spacial score (nSPS) is 10.4. The number of hydrogen-bond acceptors (Lipinski definition) is 0. The van der Waals surface area contributed by atoms with Gasteiger partial charge in [-0.25, -0.2) is 0 Å². The van der Waals surface area contributed by atoms with Crippen LogP contribution in [0.5, 0.6) is 0 Å². The molecule has 0 aliphatic heterocycles. The van der Waals surface area contributed by atoms with E-state index in [4.69, 9.17) is 0 Å². The first-order valence-corrected chi connectivity index (χ1v) is 3.71. The minimum absolute atomic E-state index is 0. The molecule has 62 valence electrons. The Hall–Kier alpha value is -0.0100. The van der Waals surface area contributed by atoms with Crippen molar-refractivity contribution in [2.75, 3.05) is 20.6 Å². The maximum atomic E-state index is 2.26. The maximum Gasteiger partial charge on any atom is 0.0953 e. The molecule has 0 aliphatic rings. The van der Waals surface area contributed by atoms with Crippen LogP contribution in [0.1, 0.15) is 19.8 Å². The molecular weight excluding hydrogens is 146 g/mol. The van der Waals surface area contributed by atoms with Crippen LogP contribution in [-0.4, -0.2) is 20.6 Å². The maximum absolute atomic E-state index is 2.26. The van der Waals surface area contributed by atoms with E-state index in [0.29, 0.717) is 0 Å². The van der Waals surface area contributed by atoms with E-state index in [-0.39, 0.29) is 12.4 Å². The second-order valence-corrected chi connectivity index (χ2v) is 2.67. The minimum atomic E-state index is 0. The molecule has 0 atom stereocenters. The topological polar surface area (TPSA) is 4.44 Å². The zero-order valence-corrected chi connectivity index (χ0v) is 7.91. The Balaban J connectivity index is 0. The number of allylic oxidation sites excluding steroid dienone is 1. The van der Waals surface area contributed by atoms with Crippen LogP contribution < -0.4 is 17.3 Å². The molecule has 0 aliphatic carbocycles. The number of likely N-dealkylation sites (N-methyl/N-ethyl adjacent to an activating group) is 1. The minimum Gasteiger partial charge on any atom is -1.00 e. The molecule has 0 saturated carbocycles. The van der Waals surface area contributed by atoms with Gasteiger partial charge in [0.25, 0.3) is 0 Å². The Bertz CT molecular complexity index is 79.3. The molecule has 0 aromatic heterocycles. The van der Waals surface area contributed by atoms with Gasteiger partial charge in [0.05, 0.1) is 20.6 Å². The number of hydrogen-bond donors (Lipinski definition) is 1. The highest BCUT2D eigenvalue weighted by Crippen LogP contribution is 1.85. The van der Waals surface area contributed by atoms with Crippen molar-refractivity contribution in [1.29, 1.82) is 0 Å². The quantitative estimate of drug-likeness (QED) is 0.437. The van der Waals surface area contributed by atoms with Crippen LogP contribution in [0.4, 0.5) is 0 Å². The summed E-state index contributed by atoms with van der Waals surface area (Å²) in [5.74, 6) is 0. The fourth-order valence-corrected chi connectivity index (χ4v) is 0.604. The lowest BCUT2D eigenvalue weighted by Gasteiger charge is -2.00.